The van der Waals surface area contributed by atoms with Crippen LogP contribution in [0.3, 0.4) is 0 Å². The van der Waals surface area contributed by atoms with Crippen LogP contribution in [0.5, 0.6) is 0 Å². The van der Waals surface area contributed by atoms with Crippen molar-refractivity contribution in [2.45, 2.75) is 311 Å². The third kappa shape index (κ3) is 32.2. The molecule has 0 bridgehead atoms. The smallest absolute Gasteiger partial charge is 0.326 e. The van der Waals surface area contributed by atoms with E-state index in [9.17, 15) is 77.0 Å². The van der Waals surface area contributed by atoms with Crippen LogP contribution in [0.1, 0.15) is 213 Å². The second-order valence-corrected chi connectivity index (χ2v) is 37.3. The molecule has 1 aromatic rings. The first-order valence-electron chi connectivity index (χ1n) is 48.4. The number of nitrogens with zero attached hydrogens (tertiary/aromatic N) is 8. The third-order valence-electron chi connectivity index (χ3n) is 26.2. The molecule has 8 heterocycles. The van der Waals surface area contributed by atoms with Crippen molar-refractivity contribution in [1.82, 2.24) is 108 Å². The highest BCUT2D eigenvalue weighted by Crippen LogP contribution is 2.32. The van der Waals surface area contributed by atoms with Crippen molar-refractivity contribution in [3.63, 3.8) is 0 Å². The van der Waals surface area contributed by atoms with Gasteiger partial charge in [-0.2, -0.15) is 0 Å². The van der Waals surface area contributed by atoms with Crippen LogP contribution in [0.2, 0.25) is 0 Å². The zero-order chi connectivity index (χ0) is 102. The first-order chi connectivity index (χ1) is 66.1. The van der Waals surface area contributed by atoms with Gasteiger partial charge in [0, 0.05) is 96.6 Å². The Morgan fingerprint density at radius 2 is 0.705 bits per heavy atom. The van der Waals surface area contributed by atoms with Crippen molar-refractivity contribution in [3.05, 3.63) is 18.2 Å². The summed E-state index contributed by atoms with van der Waals surface area (Å²) in [5, 5.41) is 65.2. The van der Waals surface area contributed by atoms with Crippen LogP contribution in [0.25, 0.3) is 0 Å². The summed E-state index contributed by atoms with van der Waals surface area (Å²) in [7, 11) is 0. The minimum atomic E-state index is -1.67. The van der Waals surface area contributed by atoms with Crippen molar-refractivity contribution in [2.75, 3.05) is 78.5 Å². The first-order valence-corrected chi connectivity index (χ1v) is 48.4. The number of primary amides is 2. The second kappa shape index (κ2) is 54.3. The Morgan fingerprint density at radius 1 is 0.388 bits per heavy atom. The first kappa shape index (κ1) is 111. The van der Waals surface area contributed by atoms with Crippen molar-refractivity contribution in [1.29, 1.82) is 16.2 Å². The van der Waals surface area contributed by atoms with Gasteiger partial charge in [-0.25, -0.2) is 9.78 Å². The number of carbonyl (C=O) groups is 19. The molecule has 8 rings (SSSR count). The second-order valence-electron chi connectivity index (χ2n) is 37.3. The Labute approximate surface area is 806 Å². The summed E-state index contributed by atoms with van der Waals surface area (Å²) < 4.78 is 0. The van der Waals surface area contributed by atoms with Crippen molar-refractivity contribution in [3.8, 4) is 0 Å². The number of H-pyrrole nitrogens is 1. The number of carboxylic acids is 1. The number of amides is 18. The number of imidazole rings is 1. The number of aliphatic carboxylic acids is 1. The largest absolute Gasteiger partial charge is 0.480 e. The third-order valence-corrected chi connectivity index (χ3v) is 26.2. The van der Waals surface area contributed by atoms with Crippen LogP contribution in [-0.4, -0.2) is 355 Å². The summed E-state index contributed by atoms with van der Waals surface area (Å²) in [5.74, 6) is -16.7. The number of nitrogens with two attached hydrogens (primary N) is 7. The van der Waals surface area contributed by atoms with E-state index in [-0.39, 0.29) is 205 Å². The van der Waals surface area contributed by atoms with Gasteiger partial charge in [0.1, 0.15) is 96.7 Å². The number of carbonyl (C=O) groups excluding carboxylic acids is 18. The Morgan fingerprint density at radius 3 is 1.06 bits per heavy atom. The summed E-state index contributed by atoms with van der Waals surface area (Å²) in [5.41, 5.74) is 39.5. The molecule has 0 spiro atoms. The molecular weight excluding hydrogens is 1810 g/mol. The van der Waals surface area contributed by atoms with Gasteiger partial charge < -0.3 is 148 Å². The molecule has 51 nitrogen and oxygen atoms in total. The fourth-order valence-corrected chi connectivity index (χ4v) is 19.1. The molecule has 0 unspecified atom stereocenters. The van der Waals surface area contributed by atoms with Crippen LogP contribution < -0.4 is 104 Å². The standard InChI is InChI=1S/C88H145N31O20/c1-48(2)43-58(85(138)139)111-70(123)51(18-7-33-100-86(93)94)106-73(126)60-22-12-38-115(60)81(134)57(44-50-46-99-47-103-50)110-77(130)63-25-14-40-117(63)82(135)64-26-15-41-118(64)80(133)56(20-9-35-102-88(97)98)109-76(129)62-24-13-39-116(62)83(136)65-27-16-42-119(65)84(137)69(49(3)4)112-72(125)53(29-31-67(92)121)105-71(124)52(28-30-66(91)120)107-74(127)59-21-10-37-114(59)79(132)55(19-8-34-101-87(95)96)108-75(128)61-23-11-36-113(61)78(131)54(17-5-6-32-89)104-68(122)45-90/h46-49,51-65,69H,5-45,89-90H2,1-4H3,(H2,91,120)(H2,92,121)(H,99,103)(H,104,122)(H,105,124)(H,106,126)(H,107,127)(H,108,128)(H,109,129)(H,110,130)(H,111,123)(H,112,125)(H,138,139)(H4,93,94,100)(H4,95,96,101)(H4,97,98,102)/t51-,52-,53-,54-,55-,56-,57-,58-,59-,60-,61-,62-,63-,64-,65-,69-/m0/s1. The van der Waals surface area contributed by atoms with Crippen LogP contribution in [0.4, 0.5) is 0 Å². The summed E-state index contributed by atoms with van der Waals surface area (Å²) >= 11 is 0. The van der Waals surface area contributed by atoms with Gasteiger partial charge in [0.15, 0.2) is 17.9 Å². The lowest BCUT2D eigenvalue weighted by atomic mass is 10.0. The average molecular weight is 1960 g/mol. The molecule has 18 amide bonds. The molecule has 7 aliphatic heterocycles. The Kier molecular flexibility index (Phi) is 43.4. The summed E-state index contributed by atoms with van der Waals surface area (Å²) in [6.07, 6.45) is 5.64. The normalized spacial score (nSPS) is 20.9. The predicted molar refractivity (Wildman–Crippen MR) is 501 cm³/mol. The predicted octanol–water partition coefficient (Wildman–Crippen LogP) is -7.55. The molecule has 772 valence electrons. The monoisotopic (exact) mass is 1960 g/mol. The maximum absolute atomic E-state index is 15.3. The molecule has 139 heavy (non-hydrogen) atoms. The van der Waals surface area contributed by atoms with Gasteiger partial charge in [0.2, 0.25) is 106 Å². The number of aromatic nitrogens is 2. The van der Waals surface area contributed by atoms with Crippen molar-refractivity contribution >= 4 is 130 Å². The van der Waals surface area contributed by atoms with E-state index >= 15 is 19.2 Å². The minimum Gasteiger partial charge on any atom is -0.480 e. The molecule has 1 aromatic heterocycles. The van der Waals surface area contributed by atoms with Crippen molar-refractivity contribution < 1.29 is 96.2 Å². The van der Waals surface area contributed by atoms with E-state index in [1.807, 2.05) is 0 Å². The lowest BCUT2D eigenvalue weighted by Gasteiger charge is -2.35. The van der Waals surface area contributed by atoms with Gasteiger partial charge >= 0.3 is 5.97 Å². The Balaban J connectivity index is 0.928. The van der Waals surface area contributed by atoms with Crippen LogP contribution in [0, 0.1) is 28.1 Å². The Hall–Kier alpha value is -13.1. The zero-order valence-corrected chi connectivity index (χ0v) is 79.9. The number of hydrogen-bond acceptors (Lipinski definition) is 25. The quantitative estimate of drug-likeness (QED) is 0.0164. The van der Waals surface area contributed by atoms with E-state index in [1.54, 1.807) is 27.7 Å². The maximum atomic E-state index is 15.3. The van der Waals surface area contributed by atoms with Gasteiger partial charge in [-0.1, -0.05) is 27.7 Å². The number of carboxylic acid groups (broad SMARTS) is 1. The van der Waals surface area contributed by atoms with E-state index in [0.29, 0.717) is 57.2 Å². The molecule has 0 aliphatic carbocycles. The van der Waals surface area contributed by atoms with E-state index in [4.69, 9.17) is 56.4 Å². The molecule has 7 aliphatic rings. The minimum absolute atomic E-state index is 0.00470. The molecular formula is C88H145N31O20. The topological polar surface area (TPSA) is 794 Å². The summed E-state index contributed by atoms with van der Waals surface area (Å²) in [6, 6.07) is -20.6. The molecule has 0 saturated carbocycles. The number of nitrogens with one attached hydrogen (secondary N) is 16. The molecule has 7 fully saturated rings. The van der Waals surface area contributed by atoms with Crippen LogP contribution >= 0.6 is 0 Å². The van der Waals surface area contributed by atoms with Crippen LogP contribution in [0.15, 0.2) is 12.5 Å². The fourth-order valence-electron chi connectivity index (χ4n) is 19.1. The lowest BCUT2D eigenvalue weighted by molar-refractivity contribution is -0.150. The summed E-state index contributed by atoms with van der Waals surface area (Å²) in [4.78, 5) is 287. The highest BCUT2D eigenvalue weighted by Gasteiger charge is 2.50. The number of unbranched alkanes of at least 4 members (excludes halogenated alkanes) is 1. The highest BCUT2D eigenvalue weighted by molar-refractivity contribution is 6.02. The molecule has 51 heteroatoms. The number of likely N-dealkylation sites (tertiary alicyclic amines) is 7. The number of guanidine groups is 3. The molecule has 16 atom stereocenters. The van der Waals surface area contributed by atoms with E-state index in [0.717, 1.165) is 0 Å². The number of rotatable bonds is 53. The fraction of sp³-hybridized carbons (Fsp3) is 0.716. The number of aromatic amines is 1. The molecule has 0 radical (unpaired) electrons. The lowest BCUT2D eigenvalue weighted by Crippen LogP contribution is -2.61. The maximum Gasteiger partial charge on any atom is 0.326 e. The van der Waals surface area contributed by atoms with Crippen LogP contribution in [-0.2, 0) is 97.5 Å². The SMILES string of the molecule is CC(C)C[C@H](NC(=O)[C@H](CCCNC(=N)N)NC(=O)[C@@H]1CCCN1C(=O)[C@H](Cc1cnc[nH]1)NC(=O)[C@@H]1CCCN1C(=O)[C@@H]1CCCN1C(=O)[C@H](CCCNC(=N)N)NC(=O)[C@@H]1CCCN1C(=O)[C@@H]1CCCN1C(=O)[C@@H](NC(=O)[C@H](CCC(N)=O)NC(=O)[C@H](CCC(N)=O)NC(=O)[C@@H]1CCCN1C(=O)[C@H](CCCNC(=N)N)NC(=O)[C@@H]1CCCN1C(=O)[C@H](CCCCN)NC(=O)CN)C(C)C)C(=O)O. The van der Waals surface area contributed by atoms with Gasteiger partial charge in [0.25, 0.3) is 0 Å². The Bertz CT molecular complexity index is 4540. The van der Waals surface area contributed by atoms with Crippen molar-refractivity contribution in [2.24, 2.45) is 52.0 Å². The van der Waals surface area contributed by atoms with E-state index in [1.165, 1.54) is 46.8 Å². The van der Waals surface area contributed by atoms with Gasteiger partial charge in [0.05, 0.1) is 12.9 Å². The number of hydrogen-bond donors (Lipinski definition) is 24. The van der Waals surface area contributed by atoms with Gasteiger partial charge in [-0.3, -0.25) is 103 Å². The molecule has 7 saturated heterocycles. The highest BCUT2D eigenvalue weighted by atomic mass is 16.4. The van der Waals surface area contributed by atoms with Gasteiger partial charge in [-0.05, 0) is 185 Å². The zero-order valence-electron chi connectivity index (χ0n) is 79.9. The van der Waals surface area contributed by atoms with Gasteiger partial charge in [-0.15, -0.1) is 0 Å². The van der Waals surface area contributed by atoms with E-state index in [2.05, 4.69) is 73.8 Å². The average Bonchev–Trinajstić information content (AvgIpc) is 1.70. The van der Waals surface area contributed by atoms with E-state index < -0.39 is 247 Å². The molecule has 0 aromatic carbocycles. The molecule has 31 N–H and O–H groups in total. The summed E-state index contributed by atoms with van der Waals surface area (Å²) in [6.45, 7) is 7.38.